The van der Waals surface area contributed by atoms with Crippen molar-refractivity contribution in [3.05, 3.63) is 102 Å². The quantitative estimate of drug-likeness (QED) is 0.388. The van der Waals surface area contributed by atoms with Gasteiger partial charge >= 0.3 is 0 Å². The number of amides is 4. The van der Waals surface area contributed by atoms with Crippen LogP contribution >= 0.6 is 0 Å². The third kappa shape index (κ3) is 3.15. The lowest BCUT2D eigenvalue weighted by Crippen LogP contribution is -2.56. The van der Waals surface area contributed by atoms with Gasteiger partial charge in [0.1, 0.15) is 12.1 Å². The minimum absolute atomic E-state index is 0.158. The average molecular weight is 557 g/mol. The van der Waals surface area contributed by atoms with Gasteiger partial charge in [-0.1, -0.05) is 72.8 Å². The van der Waals surface area contributed by atoms with E-state index in [4.69, 9.17) is 0 Å². The van der Waals surface area contributed by atoms with Crippen molar-refractivity contribution in [3.8, 4) is 0 Å². The van der Waals surface area contributed by atoms with E-state index in [1.54, 1.807) is 11.0 Å². The highest BCUT2D eigenvalue weighted by atomic mass is 16.2. The molecule has 208 valence electrons. The van der Waals surface area contributed by atoms with E-state index in [-0.39, 0.29) is 24.3 Å². The number of hydrogen-bond acceptors (Lipinski definition) is 5. The van der Waals surface area contributed by atoms with E-state index >= 15 is 0 Å². The highest BCUT2D eigenvalue weighted by Crippen LogP contribution is 2.55. The Bertz CT molecular complexity index is 1850. The van der Waals surface area contributed by atoms with Crippen LogP contribution in [0.1, 0.15) is 18.1 Å². The van der Waals surface area contributed by atoms with Gasteiger partial charge in [-0.2, -0.15) is 0 Å². The van der Waals surface area contributed by atoms with Crippen LogP contribution in [-0.2, 0) is 31.1 Å². The second-order valence-corrected chi connectivity index (χ2v) is 11.6. The Morgan fingerprint density at radius 3 is 2.38 bits per heavy atom. The van der Waals surface area contributed by atoms with Gasteiger partial charge in [0.25, 0.3) is 5.91 Å². The van der Waals surface area contributed by atoms with Gasteiger partial charge in [-0.25, -0.2) is 4.90 Å². The summed E-state index contributed by atoms with van der Waals surface area (Å²) in [6, 6.07) is 27.9. The van der Waals surface area contributed by atoms with Gasteiger partial charge in [0, 0.05) is 34.9 Å². The zero-order valence-corrected chi connectivity index (χ0v) is 23.0. The molecule has 4 heterocycles. The van der Waals surface area contributed by atoms with Crippen molar-refractivity contribution in [1.29, 1.82) is 0 Å². The summed E-state index contributed by atoms with van der Waals surface area (Å²) in [4.78, 5) is 61.2. The van der Waals surface area contributed by atoms with Crippen LogP contribution in [0.2, 0.25) is 0 Å². The molecule has 2 fully saturated rings. The number of benzene rings is 4. The first-order chi connectivity index (χ1) is 20.4. The van der Waals surface area contributed by atoms with Gasteiger partial charge in [-0.3, -0.25) is 24.5 Å². The van der Waals surface area contributed by atoms with Crippen molar-refractivity contribution < 1.29 is 19.2 Å². The molecule has 2 saturated heterocycles. The Labute approximate surface area is 242 Å². The van der Waals surface area contributed by atoms with E-state index in [0.29, 0.717) is 23.5 Å². The molecular weight excluding hydrogens is 528 g/mol. The summed E-state index contributed by atoms with van der Waals surface area (Å²) in [5, 5.41) is 5.13. The first-order valence-corrected chi connectivity index (χ1v) is 14.3. The van der Waals surface area contributed by atoms with Gasteiger partial charge in [-0.15, -0.1) is 0 Å². The summed E-state index contributed by atoms with van der Waals surface area (Å²) in [7, 11) is 0. The minimum atomic E-state index is -1.45. The van der Waals surface area contributed by atoms with Gasteiger partial charge in [0.2, 0.25) is 17.7 Å². The molecule has 0 bridgehead atoms. The number of fused-ring (bicyclic) bond motifs is 6. The van der Waals surface area contributed by atoms with Crippen molar-refractivity contribution in [1.82, 2.24) is 5.32 Å². The molecule has 4 aliphatic heterocycles. The van der Waals surface area contributed by atoms with Crippen molar-refractivity contribution in [2.24, 2.45) is 11.8 Å². The number of carbonyl (C=O) groups excluding carboxylic acids is 4. The molecule has 42 heavy (non-hydrogen) atoms. The van der Waals surface area contributed by atoms with Crippen LogP contribution in [0.15, 0.2) is 91.0 Å². The summed E-state index contributed by atoms with van der Waals surface area (Å²) < 4.78 is 0. The fraction of sp³-hybridized carbons (Fsp3) is 0.235. The molecule has 4 amide bonds. The summed E-state index contributed by atoms with van der Waals surface area (Å²) in [5.74, 6) is -2.94. The number of rotatable bonds is 3. The number of nitrogens with zero attached hydrogens (tertiary/aromatic N) is 3. The molecule has 0 unspecified atom stereocenters. The molecule has 1 N–H and O–H groups in total. The van der Waals surface area contributed by atoms with E-state index in [1.807, 2.05) is 91.9 Å². The topological polar surface area (TPSA) is 90.0 Å². The molecule has 1 spiro atoms. The molecule has 8 heteroatoms. The third-order valence-corrected chi connectivity index (χ3v) is 9.50. The van der Waals surface area contributed by atoms with E-state index < -0.39 is 29.3 Å². The highest BCUT2D eigenvalue weighted by Gasteiger charge is 2.71. The second-order valence-electron chi connectivity index (χ2n) is 11.6. The maximum absolute atomic E-state index is 14.6. The fourth-order valence-corrected chi connectivity index (χ4v) is 7.72. The molecule has 4 aromatic carbocycles. The molecule has 4 aliphatic rings. The molecule has 0 radical (unpaired) electrons. The predicted octanol–water partition coefficient (Wildman–Crippen LogP) is 3.77. The second kappa shape index (κ2) is 8.84. The summed E-state index contributed by atoms with van der Waals surface area (Å²) in [6.07, 6.45) is 0.764. The molecule has 4 atom stereocenters. The molecule has 8 nitrogen and oxygen atoms in total. The fourth-order valence-electron chi connectivity index (χ4n) is 7.72. The number of hydrogen-bond donors (Lipinski definition) is 1. The van der Waals surface area contributed by atoms with Gasteiger partial charge < -0.3 is 9.80 Å². The van der Waals surface area contributed by atoms with Gasteiger partial charge in [0.15, 0.2) is 0 Å². The smallest absolute Gasteiger partial charge is 0.253 e. The van der Waals surface area contributed by atoms with Crippen LogP contribution in [0.4, 0.5) is 17.1 Å². The van der Waals surface area contributed by atoms with E-state index in [2.05, 4.69) is 5.32 Å². The van der Waals surface area contributed by atoms with Crippen molar-refractivity contribution >= 4 is 51.5 Å². The monoisotopic (exact) mass is 556 g/mol. The SMILES string of the molecule is C[C@@H]1N[C@]2(C(=O)N(CC(=O)N3CCc4ccccc43)c3ccccc32)[C@H]2C(=O)N(c3cccc4ccccc34)C(=O)[C@H]12. The minimum Gasteiger partial charge on any atom is -0.310 e. The largest absolute Gasteiger partial charge is 0.310 e. The molecule has 0 aromatic heterocycles. The molecule has 0 saturated carbocycles. The average Bonchev–Trinajstić information content (AvgIpc) is 3.71. The lowest BCUT2D eigenvalue weighted by Gasteiger charge is -2.30. The number of imide groups is 1. The van der Waals surface area contributed by atoms with Crippen molar-refractivity contribution in [2.75, 3.05) is 27.8 Å². The maximum Gasteiger partial charge on any atom is 0.253 e. The third-order valence-electron chi connectivity index (χ3n) is 9.50. The standard InChI is InChI=1S/C34H28N4O4/c1-20-29-30(32(41)38(31(29)40)26-16-8-11-21-9-2-4-12-23(21)26)34(35-20)24-13-5-7-15-27(24)37(33(34)42)19-28(39)36-18-17-22-10-3-6-14-25(22)36/h2-16,20,29-30,35H,17-19H2,1H3/t20-,29+,30+,34-/m0/s1. The molecule has 8 rings (SSSR count). The number of para-hydroxylation sites is 2. The number of nitrogens with one attached hydrogen (secondary N) is 1. The van der Waals surface area contributed by atoms with E-state index in [0.717, 1.165) is 28.4 Å². The number of carbonyl (C=O) groups is 4. The van der Waals surface area contributed by atoms with Gasteiger partial charge in [-0.05, 0) is 42.5 Å². The maximum atomic E-state index is 14.6. The van der Waals surface area contributed by atoms with Crippen LogP contribution in [0.5, 0.6) is 0 Å². The molecule has 0 aliphatic carbocycles. The normalized spacial score (nSPS) is 26.0. The van der Waals surface area contributed by atoms with E-state index in [1.165, 1.54) is 9.80 Å². The predicted molar refractivity (Wildman–Crippen MR) is 159 cm³/mol. The zero-order chi connectivity index (χ0) is 28.7. The Morgan fingerprint density at radius 1 is 0.833 bits per heavy atom. The van der Waals surface area contributed by atoms with E-state index in [9.17, 15) is 19.2 Å². The first kappa shape index (κ1) is 24.9. The number of anilines is 3. The summed E-state index contributed by atoms with van der Waals surface area (Å²) in [5.41, 5.74) is 2.27. The lowest BCUT2D eigenvalue weighted by atomic mass is 9.76. The van der Waals surface area contributed by atoms with Crippen LogP contribution in [-0.4, -0.2) is 42.8 Å². The van der Waals surface area contributed by atoms with Crippen molar-refractivity contribution in [3.63, 3.8) is 0 Å². The molecule has 4 aromatic rings. The van der Waals surface area contributed by atoms with Crippen LogP contribution in [0.3, 0.4) is 0 Å². The Balaban J connectivity index is 1.20. The van der Waals surface area contributed by atoms with Crippen LogP contribution in [0.25, 0.3) is 10.8 Å². The van der Waals surface area contributed by atoms with Gasteiger partial charge in [0.05, 0.1) is 17.5 Å². The molecular formula is C34H28N4O4. The summed E-state index contributed by atoms with van der Waals surface area (Å²) in [6.45, 7) is 2.25. The zero-order valence-electron chi connectivity index (χ0n) is 23.0. The van der Waals surface area contributed by atoms with Crippen LogP contribution in [0, 0.1) is 11.8 Å². The Hall–Kier alpha value is -4.82. The van der Waals surface area contributed by atoms with Crippen LogP contribution < -0.4 is 20.0 Å². The van der Waals surface area contributed by atoms with Crippen molar-refractivity contribution in [2.45, 2.75) is 24.9 Å². The Morgan fingerprint density at radius 2 is 1.52 bits per heavy atom. The first-order valence-electron chi connectivity index (χ1n) is 14.3. The lowest BCUT2D eigenvalue weighted by molar-refractivity contribution is -0.132. The summed E-state index contributed by atoms with van der Waals surface area (Å²) >= 11 is 0. The Kier molecular flexibility index (Phi) is 5.25. The highest BCUT2D eigenvalue weighted by molar-refractivity contribution is 6.28.